The average Bonchev–Trinajstić information content (AvgIpc) is 2.95. The van der Waals surface area contributed by atoms with Gasteiger partial charge in [-0.25, -0.2) is 0 Å². The van der Waals surface area contributed by atoms with Crippen LogP contribution in [0.4, 0.5) is 5.69 Å². The molecule has 2 aromatic carbocycles. The zero-order valence-electron chi connectivity index (χ0n) is 13.7. The lowest BCUT2D eigenvalue weighted by Gasteiger charge is -2.23. The number of nitrogens with zero attached hydrogens (tertiary/aromatic N) is 1. The maximum atomic E-state index is 11.4. The highest BCUT2D eigenvalue weighted by atomic mass is 32.2. The molecule has 1 fully saturated rings. The van der Waals surface area contributed by atoms with E-state index in [0.29, 0.717) is 12.1 Å². The highest BCUT2D eigenvalue weighted by Crippen LogP contribution is 2.25. The van der Waals surface area contributed by atoms with Crippen molar-refractivity contribution >= 4 is 16.5 Å². The van der Waals surface area contributed by atoms with E-state index in [9.17, 15) is 4.21 Å². The normalized spacial score (nSPS) is 22.3. The van der Waals surface area contributed by atoms with Gasteiger partial charge in [0.1, 0.15) is 0 Å². The van der Waals surface area contributed by atoms with Crippen LogP contribution in [-0.2, 0) is 17.3 Å². The smallest absolute Gasteiger partial charge is 0.0498 e. The average molecular weight is 328 g/mol. The molecule has 3 atom stereocenters. The van der Waals surface area contributed by atoms with Crippen molar-refractivity contribution in [3.05, 3.63) is 60.2 Å². The predicted octanol–water partition coefficient (Wildman–Crippen LogP) is 3.18. The van der Waals surface area contributed by atoms with E-state index in [4.69, 9.17) is 0 Å². The van der Waals surface area contributed by atoms with E-state index >= 15 is 0 Å². The quantitative estimate of drug-likeness (QED) is 0.915. The van der Waals surface area contributed by atoms with Gasteiger partial charge in [-0.05, 0) is 43.2 Å². The van der Waals surface area contributed by atoms with Crippen molar-refractivity contribution in [2.24, 2.45) is 0 Å². The third-order valence-corrected chi connectivity index (χ3v) is 5.45. The first-order chi connectivity index (χ1) is 11.1. The van der Waals surface area contributed by atoms with Crippen LogP contribution in [-0.4, -0.2) is 29.1 Å². The first kappa shape index (κ1) is 16.2. The molecule has 0 spiro atoms. The van der Waals surface area contributed by atoms with E-state index in [2.05, 4.69) is 59.6 Å². The molecule has 0 amide bonds. The van der Waals surface area contributed by atoms with Crippen molar-refractivity contribution in [3.63, 3.8) is 0 Å². The summed E-state index contributed by atoms with van der Waals surface area (Å²) in [6, 6.07) is 19.7. The summed E-state index contributed by atoms with van der Waals surface area (Å²) in [5.41, 5.74) is 2.55. The minimum atomic E-state index is -0.901. The third-order valence-electron chi connectivity index (χ3n) is 4.51. The van der Waals surface area contributed by atoms with Gasteiger partial charge in [0.25, 0.3) is 0 Å². The van der Waals surface area contributed by atoms with Crippen LogP contribution < -0.4 is 10.2 Å². The fraction of sp³-hybridized carbons (Fsp3) is 0.368. The van der Waals surface area contributed by atoms with Gasteiger partial charge in [0.2, 0.25) is 0 Å². The summed E-state index contributed by atoms with van der Waals surface area (Å²) in [5, 5.41) is 3.66. The molecule has 1 heterocycles. The Bertz CT molecular complexity index is 657. The highest BCUT2D eigenvalue weighted by Gasteiger charge is 2.28. The largest absolute Gasteiger partial charge is 0.367 e. The second-order valence-corrected chi connectivity index (χ2v) is 7.63. The molecule has 0 aromatic heterocycles. The molecule has 1 aliphatic heterocycles. The molecule has 122 valence electrons. The Morgan fingerprint density at radius 2 is 1.83 bits per heavy atom. The van der Waals surface area contributed by atoms with Crippen molar-refractivity contribution in [2.45, 2.75) is 36.9 Å². The van der Waals surface area contributed by atoms with E-state index < -0.39 is 10.8 Å². The Morgan fingerprint density at radius 1 is 1.13 bits per heavy atom. The Hall–Kier alpha value is -1.65. The molecule has 1 aliphatic rings. The molecule has 4 heteroatoms. The summed E-state index contributed by atoms with van der Waals surface area (Å²) in [5.74, 6) is 0. The number of hydrogen-bond acceptors (Lipinski definition) is 3. The summed E-state index contributed by atoms with van der Waals surface area (Å²) in [6.07, 6.45) is 2.87. The Labute approximate surface area is 141 Å². The van der Waals surface area contributed by atoms with Gasteiger partial charge in [-0.15, -0.1) is 0 Å². The molecule has 0 aliphatic carbocycles. The summed E-state index contributed by atoms with van der Waals surface area (Å²) < 4.78 is 11.4. The van der Waals surface area contributed by atoms with Gasteiger partial charge in [-0.1, -0.05) is 30.3 Å². The van der Waals surface area contributed by atoms with Gasteiger partial charge < -0.3 is 10.2 Å². The molecule has 0 radical (unpaired) electrons. The lowest BCUT2D eigenvalue weighted by Crippen LogP contribution is -2.32. The third kappa shape index (κ3) is 4.01. The van der Waals surface area contributed by atoms with Gasteiger partial charge in [0, 0.05) is 52.8 Å². The maximum Gasteiger partial charge on any atom is 0.0498 e. The molecule has 1 N–H and O–H groups in total. The van der Waals surface area contributed by atoms with E-state index in [-0.39, 0.29) is 0 Å². The summed E-state index contributed by atoms with van der Waals surface area (Å²) in [4.78, 5) is 3.36. The van der Waals surface area contributed by atoms with Crippen molar-refractivity contribution in [1.29, 1.82) is 0 Å². The van der Waals surface area contributed by atoms with Gasteiger partial charge >= 0.3 is 0 Å². The van der Waals surface area contributed by atoms with Gasteiger partial charge in [-0.3, -0.25) is 4.21 Å². The summed E-state index contributed by atoms with van der Waals surface area (Å²) in [6.45, 7) is 4.19. The lowest BCUT2D eigenvalue weighted by molar-refractivity contribution is 0.538. The number of para-hydroxylation sites is 1. The first-order valence-electron chi connectivity index (χ1n) is 8.11. The van der Waals surface area contributed by atoms with Crippen LogP contribution in [0.15, 0.2) is 59.5 Å². The van der Waals surface area contributed by atoms with Crippen LogP contribution in [0.2, 0.25) is 0 Å². The van der Waals surface area contributed by atoms with Crippen molar-refractivity contribution < 1.29 is 4.21 Å². The molecule has 23 heavy (non-hydrogen) atoms. The van der Waals surface area contributed by atoms with Crippen LogP contribution in [0.1, 0.15) is 18.9 Å². The Kier molecular flexibility index (Phi) is 5.13. The van der Waals surface area contributed by atoms with E-state index in [0.717, 1.165) is 24.4 Å². The number of rotatable bonds is 5. The van der Waals surface area contributed by atoms with Crippen molar-refractivity contribution in [2.75, 3.05) is 17.7 Å². The van der Waals surface area contributed by atoms with Crippen LogP contribution in [0.25, 0.3) is 0 Å². The Balaban J connectivity index is 1.56. The van der Waals surface area contributed by atoms with Crippen LogP contribution in [0, 0.1) is 0 Å². The summed E-state index contributed by atoms with van der Waals surface area (Å²) in [7, 11) is -0.901. The zero-order chi connectivity index (χ0) is 16.2. The van der Waals surface area contributed by atoms with Gasteiger partial charge in [-0.2, -0.15) is 0 Å². The van der Waals surface area contributed by atoms with Gasteiger partial charge in [0.05, 0.1) is 0 Å². The fourth-order valence-corrected chi connectivity index (χ4v) is 3.74. The topological polar surface area (TPSA) is 32.3 Å². The molecule has 3 nitrogen and oxygen atoms in total. The second kappa shape index (κ2) is 7.28. The molecular weight excluding hydrogens is 304 g/mol. The van der Waals surface area contributed by atoms with Crippen molar-refractivity contribution in [3.8, 4) is 0 Å². The minimum absolute atomic E-state index is 0.505. The highest BCUT2D eigenvalue weighted by molar-refractivity contribution is 7.84. The number of hydrogen-bond donors (Lipinski definition) is 1. The molecule has 0 bridgehead atoms. The minimum Gasteiger partial charge on any atom is -0.367 e. The number of nitrogens with one attached hydrogen (secondary N) is 1. The van der Waals surface area contributed by atoms with Crippen LogP contribution in [0.3, 0.4) is 0 Å². The van der Waals surface area contributed by atoms with Crippen LogP contribution in [0.5, 0.6) is 0 Å². The van der Waals surface area contributed by atoms with E-state index in [1.165, 1.54) is 11.3 Å². The van der Waals surface area contributed by atoms with E-state index in [1.54, 1.807) is 6.26 Å². The van der Waals surface area contributed by atoms with E-state index in [1.807, 2.05) is 12.1 Å². The Morgan fingerprint density at radius 3 is 2.48 bits per heavy atom. The summed E-state index contributed by atoms with van der Waals surface area (Å²) >= 11 is 0. The molecule has 0 saturated carbocycles. The molecule has 3 unspecified atom stereocenters. The molecular formula is C19H24N2OS. The maximum absolute atomic E-state index is 11.4. The van der Waals surface area contributed by atoms with Crippen molar-refractivity contribution in [1.82, 2.24) is 5.32 Å². The van der Waals surface area contributed by atoms with Gasteiger partial charge in [0.15, 0.2) is 0 Å². The molecule has 3 rings (SSSR count). The molecule has 2 aromatic rings. The molecule has 1 saturated heterocycles. The number of anilines is 1. The monoisotopic (exact) mass is 328 g/mol. The predicted molar refractivity (Wildman–Crippen MR) is 97.3 cm³/mol. The SMILES string of the molecule is CC1CC(NCc2ccc(S(C)=O)cc2)CN1c1ccccc1. The zero-order valence-corrected chi connectivity index (χ0v) is 14.6. The van der Waals surface area contributed by atoms with Crippen LogP contribution >= 0.6 is 0 Å². The first-order valence-corrected chi connectivity index (χ1v) is 9.67. The standard InChI is InChI=1S/C19H24N2OS/c1-15-12-17(14-21(15)18-6-4-3-5-7-18)20-13-16-8-10-19(11-9-16)23(2)22/h3-11,15,17,20H,12-14H2,1-2H3. The second-order valence-electron chi connectivity index (χ2n) is 6.25. The fourth-order valence-electron chi connectivity index (χ4n) is 3.22. The number of benzene rings is 2. The lowest BCUT2D eigenvalue weighted by atomic mass is 10.1.